The summed E-state index contributed by atoms with van der Waals surface area (Å²) in [6.45, 7) is 0. The maximum atomic E-state index is 6.45. The third kappa shape index (κ3) is 5.56. The highest BCUT2D eigenvalue weighted by Gasteiger charge is 2.50. The normalized spacial score (nSPS) is 10.8. The van der Waals surface area contributed by atoms with Crippen molar-refractivity contribution in [2.75, 3.05) is 27.2 Å². The number of ether oxygens (including phenoxy) is 3. The van der Waals surface area contributed by atoms with Gasteiger partial charge in [-0.3, -0.25) is 0 Å². The van der Waals surface area contributed by atoms with Gasteiger partial charge in [0.25, 0.3) is 0 Å². The van der Waals surface area contributed by atoms with Crippen molar-refractivity contribution >= 4 is 20.4 Å². The van der Waals surface area contributed by atoms with Crippen LogP contribution in [0.3, 0.4) is 0 Å². The topological polar surface area (TPSA) is 55.4 Å². The molecule has 3 aromatic carbocycles. The first-order valence-electron chi connectivity index (χ1n) is 9.66. The standard InChI is InChI=1S/C23H25ClO6Si/c1-25-18-10-4-7-13-21(18)28-31(17-16-24,29-22-14-8-5-11-19(22)26-2)30-23-15-9-6-12-20(23)27-3/h4-15H,16-17H2,1-3H3. The van der Waals surface area contributed by atoms with Gasteiger partial charge in [-0.2, -0.15) is 0 Å². The maximum absolute atomic E-state index is 6.45. The molecule has 0 aromatic heterocycles. The second-order valence-electron chi connectivity index (χ2n) is 6.38. The minimum absolute atomic E-state index is 0.256. The molecule has 0 atom stereocenters. The van der Waals surface area contributed by atoms with Gasteiger partial charge in [-0.15, -0.1) is 11.6 Å². The van der Waals surface area contributed by atoms with E-state index in [4.69, 9.17) is 39.1 Å². The van der Waals surface area contributed by atoms with Crippen LogP contribution in [0.15, 0.2) is 72.8 Å². The fourth-order valence-electron chi connectivity index (χ4n) is 2.94. The van der Waals surface area contributed by atoms with Gasteiger partial charge in [0.1, 0.15) is 0 Å². The molecule has 0 fully saturated rings. The van der Waals surface area contributed by atoms with Crippen molar-refractivity contribution in [3.05, 3.63) is 72.8 Å². The lowest BCUT2D eigenvalue weighted by Gasteiger charge is -2.31. The summed E-state index contributed by atoms with van der Waals surface area (Å²) in [4.78, 5) is 0. The predicted molar refractivity (Wildman–Crippen MR) is 122 cm³/mol. The number of rotatable bonds is 11. The first-order chi connectivity index (χ1) is 15.1. The average Bonchev–Trinajstić information content (AvgIpc) is 2.80. The number of hydrogen-bond acceptors (Lipinski definition) is 6. The second-order valence-corrected chi connectivity index (χ2v) is 9.24. The van der Waals surface area contributed by atoms with Gasteiger partial charge in [-0.1, -0.05) is 36.4 Å². The van der Waals surface area contributed by atoms with Gasteiger partial charge >= 0.3 is 8.80 Å². The number of para-hydroxylation sites is 6. The van der Waals surface area contributed by atoms with Crippen molar-refractivity contribution in [2.45, 2.75) is 6.04 Å². The van der Waals surface area contributed by atoms with Crippen LogP contribution in [-0.2, 0) is 0 Å². The van der Waals surface area contributed by atoms with E-state index in [2.05, 4.69) is 0 Å². The smallest absolute Gasteiger partial charge is 0.493 e. The SMILES string of the molecule is COc1ccccc1O[Si](CCCl)(Oc1ccccc1OC)Oc1ccccc1OC. The maximum Gasteiger partial charge on any atom is 0.700 e. The summed E-state index contributed by atoms with van der Waals surface area (Å²) in [6, 6.07) is 22.3. The molecular formula is C23H25ClO6Si. The van der Waals surface area contributed by atoms with Gasteiger partial charge in [-0.05, 0) is 36.4 Å². The minimum Gasteiger partial charge on any atom is -0.493 e. The molecule has 0 saturated heterocycles. The molecule has 0 amide bonds. The van der Waals surface area contributed by atoms with Crippen LogP contribution in [0.1, 0.15) is 0 Å². The molecule has 3 aromatic rings. The number of halogens is 1. The monoisotopic (exact) mass is 460 g/mol. The Kier molecular flexibility index (Phi) is 7.92. The molecule has 0 unspecified atom stereocenters. The van der Waals surface area contributed by atoms with Gasteiger partial charge < -0.3 is 27.5 Å². The Morgan fingerprint density at radius 1 is 0.548 bits per heavy atom. The molecule has 6 nitrogen and oxygen atoms in total. The van der Waals surface area contributed by atoms with E-state index in [-0.39, 0.29) is 5.88 Å². The lowest BCUT2D eigenvalue weighted by Crippen LogP contribution is -2.55. The Hall–Kier alpha value is -3.03. The zero-order valence-corrected chi connectivity index (χ0v) is 19.4. The molecule has 3 rings (SSSR count). The van der Waals surface area contributed by atoms with Gasteiger partial charge in [0.05, 0.1) is 27.4 Å². The van der Waals surface area contributed by atoms with Gasteiger partial charge in [0.2, 0.25) is 0 Å². The van der Waals surface area contributed by atoms with E-state index in [1.165, 1.54) is 0 Å². The van der Waals surface area contributed by atoms with Crippen molar-refractivity contribution in [1.82, 2.24) is 0 Å². The van der Waals surface area contributed by atoms with Crippen LogP contribution < -0.4 is 27.5 Å². The van der Waals surface area contributed by atoms with E-state index in [0.29, 0.717) is 40.5 Å². The fraction of sp³-hybridized carbons (Fsp3) is 0.217. The van der Waals surface area contributed by atoms with E-state index in [9.17, 15) is 0 Å². The van der Waals surface area contributed by atoms with Gasteiger partial charge in [0, 0.05) is 5.88 Å². The highest BCUT2D eigenvalue weighted by Crippen LogP contribution is 2.37. The summed E-state index contributed by atoms with van der Waals surface area (Å²) in [5, 5.41) is 0. The third-order valence-corrected chi connectivity index (χ3v) is 7.37. The lowest BCUT2D eigenvalue weighted by molar-refractivity contribution is 0.245. The quantitative estimate of drug-likeness (QED) is 0.281. The molecule has 0 aliphatic rings. The molecular weight excluding hydrogens is 436 g/mol. The Morgan fingerprint density at radius 2 is 0.839 bits per heavy atom. The van der Waals surface area contributed by atoms with Crippen molar-refractivity contribution in [3.63, 3.8) is 0 Å². The number of hydrogen-bond donors (Lipinski definition) is 0. The molecule has 0 spiro atoms. The summed E-state index contributed by atoms with van der Waals surface area (Å²) in [5.74, 6) is 3.40. The molecule has 0 aliphatic carbocycles. The number of methoxy groups -OCH3 is 3. The van der Waals surface area contributed by atoms with Crippen LogP contribution in [-0.4, -0.2) is 36.0 Å². The molecule has 0 aliphatic heterocycles. The highest BCUT2D eigenvalue weighted by molar-refractivity contribution is 6.64. The van der Waals surface area contributed by atoms with Crippen LogP contribution in [0.25, 0.3) is 0 Å². The Bertz CT molecular complexity index is 863. The van der Waals surface area contributed by atoms with E-state index in [1.54, 1.807) is 57.7 Å². The first-order valence-corrected chi connectivity index (χ1v) is 12.1. The largest absolute Gasteiger partial charge is 0.700 e. The zero-order valence-electron chi connectivity index (χ0n) is 17.7. The summed E-state index contributed by atoms with van der Waals surface area (Å²) in [5.41, 5.74) is 0. The molecule has 0 N–H and O–H groups in total. The molecule has 0 bridgehead atoms. The van der Waals surface area contributed by atoms with Crippen LogP contribution >= 0.6 is 11.6 Å². The fourth-order valence-corrected chi connectivity index (χ4v) is 5.81. The molecule has 164 valence electrons. The predicted octanol–water partition coefficient (Wildman–Crippen LogP) is 5.43. The van der Waals surface area contributed by atoms with E-state index < -0.39 is 8.80 Å². The van der Waals surface area contributed by atoms with Crippen molar-refractivity contribution in [2.24, 2.45) is 0 Å². The molecule has 8 heteroatoms. The molecule has 0 radical (unpaired) electrons. The van der Waals surface area contributed by atoms with Crippen molar-refractivity contribution in [1.29, 1.82) is 0 Å². The minimum atomic E-state index is -3.53. The van der Waals surface area contributed by atoms with Crippen LogP contribution in [0.2, 0.25) is 6.04 Å². The van der Waals surface area contributed by atoms with Gasteiger partial charge in [-0.25, -0.2) is 0 Å². The number of alkyl halides is 1. The second kappa shape index (κ2) is 10.8. The zero-order chi connectivity index (χ0) is 22.1. The molecule has 0 saturated carbocycles. The van der Waals surface area contributed by atoms with Gasteiger partial charge in [0.15, 0.2) is 34.5 Å². The molecule has 0 heterocycles. The average molecular weight is 461 g/mol. The van der Waals surface area contributed by atoms with Crippen LogP contribution in [0, 0.1) is 0 Å². The lowest BCUT2D eigenvalue weighted by atomic mass is 10.3. The van der Waals surface area contributed by atoms with Crippen LogP contribution in [0.4, 0.5) is 0 Å². The summed E-state index contributed by atoms with van der Waals surface area (Å²) in [7, 11) is 1.20. The van der Waals surface area contributed by atoms with E-state index in [1.807, 2.05) is 36.4 Å². The number of benzene rings is 3. The first kappa shape index (κ1) is 22.6. The van der Waals surface area contributed by atoms with Crippen molar-refractivity contribution < 1.29 is 27.5 Å². The van der Waals surface area contributed by atoms with E-state index in [0.717, 1.165) is 0 Å². The Morgan fingerprint density at radius 3 is 1.10 bits per heavy atom. The van der Waals surface area contributed by atoms with Crippen LogP contribution in [0.5, 0.6) is 34.5 Å². The third-order valence-electron chi connectivity index (χ3n) is 4.40. The Labute approximate surface area is 188 Å². The summed E-state index contributed by atoms with van der Waals surface area (Å²) in [6.07, 6.45) is 0. The molecule has 31 heavy (non-hydrogen) atoms. The highest BCUT2D eigenvalue weighted by atomic mass is 35.5. The van der Waals surface area contributed by atoms with Crippen molar-refractivity contribution in [3.8, 4) is 34.5 Å². The summed E-state index contributed by atoms with van der Waals surface area (Å²) < 4.78 is 35.7. The summed E-state index contributed by atoms with van der Waals surface area (Å²) >= 11 is 6.21. The Balaban J connectivity index is 2.09. The van der Waals surface area contributed by atoms with E-state index >= 15 is 0 Å².